The molecule has 0 aliphatic carbocycles. The summed E-state index contributed by atoms with van der Waals surface area (Å²) in [5.41, 5.74) is 0. The summed E-state index contributed by atoms with van der Waals surface area (Å²) in [5, 5.41) is 0. The molecule has 0 bridgehead atoms. The quantitative estimate of drug-likeness (QED) is 0.638. The molecule has 0 saturated heterocycles. The van der Waals surface area contributed by atoms with Gasteiger partial charge in [-0.05, 0) is 32.7 Å². The first kappa shape index (κ1) is 13.4. The zero-order chi connectivity index (χ0) is 10.8. The lowest BCUT2D eigenvalue weighted by Crippen LogP contribution is -2.65. The zero-order valence-electron chi connectivity index (χ0n) is 10.5. The van der Waals surface area contributed by atoms with Gasteiger partial charge in [-0.25, -0.2) is 0 Å². The van der Waals surface area contributed by atoms with Gasteiger partial charge in [-0.15, -0.1) is 0 Å². The van der Waals surface area contributed by atoms with E-state index in [9.17, 15) is 0 Å². The van der Waals surface area contributed by atoms with E-state index in [0.717, 1.165) is 0 Å². The Balaban J connectivity index is 4.54. The van der Waals surface area contributed by atoms with Crippen LogP contribution in [-0.4, -0.2) is 53.0 Å². The number of hydrogen-bond acceptors (Lipinski definition) is 2. The molecule has 0 atom stereocenters. The van der Waals surface area contributed by atoms with Gasteiger partial charge in [0.2, 0.25) is 0 Å². The average Bonchev–Trinajstić information content (AvgIpc) is 2.01. The molecule has 4 heteroatoms. The van der Waals surface area contributed by atoms with Crippen molar-refractivity contribution in [2.45, 2.75) is 46.3 Å². The first-order valence-corrected chi connectivity index (χ1v) is 11.1. The van der Waals surface area contributed by atoms with Gasteiger partial charge in [-0.2, -0.15) is 0 Å². The van der Waals surface area contributed by atoms with Gasteiger partial charge in [-0.3, -0.25) is 0 Å². The van der Waals surface area contributed by atoms with Crippen molar-refractivity contribution in [2.24, 2.45) is 0 Å². The first-order chi connectivity index (χ1) is 5.71. The summed E-state index contributed by atoms with van der Waals surface area (Å²) >= 11 is 0. The van der Waals surface area contributed by atoms with Crippen LogP contribution in [0.4, 0.5) is 0 Å². The van der Waals surface area contributed by atoms with Crippen molar-refractivity contribution in [1.82, 2.24) is 9.13 Å². The molecule has 2 nitrogen and oxygen atoms in total. The third kappa shape index (κ3) is 3.20. The Labute approximate surface area is 87.7 Å². The van der Waals surface area contributed by atoms with E-state index in [1.165, 1.54) is 9.76 Å². The normalized spacial score (nSPS) is 14.1. The van der Waals surface area contributed by atoms with Gasteiger partial charge in [0, 0.05) is 9.76 Å². The molecule has 0 heterocycles. The van der Waals surface area contributed by atoms with Crippen LogP contribution < -0.4 is 0 Å². The molecule has 0 fully saturated rings. The molecule has 0 N–H and O–H groups in total. The highest BCUT2D eigenvalue weighted by Crippen LogP contribution is 2.13. The lowest BCUT2D eigenvalue weighted by Gasteiger charge is -2.45. The van der Waals surface area contributed by atoms with Crippen molar-refractivity contribution in [3.63, 3.8) is 0 Å². The predicted molar refractivity (Wildman–Crippen MR) is 67.4 cm³/mol. The highest BCUT2D eigenvalue weighted by Gasteiger charge is 2.33. The van der Waals surface area contributed by atoms with Crippen LogP contribution in [0.5, 0.6) is 0 Å². The van der Waals surface area contributed by atoms with Crippen LogP contribution >= 0.6 is 0 Å². The molecule has 0 aromatic heterocycles. The lowest BCUT2D eigenvalue weighted by atomic mass is 10.4. The minimum absolute atomic E-state index is 0.676. The third-order valence-corrected chi connectivity index (χ3v) is 12.0. The van der Waals surface area contributed by atoms with Gasteiger partial charge in [0.1, 0.15) is 0 Å². The van der Waals surface area contributed by atoms with Crippen LogP contribution in [0.3, 0.4) is 0 Å². The number of rotatable bonds is 4. The zero-order valence-corrected chi connectivity index (χ0v) is 13.5. The van der Waals surface area contributed by atoms with Gasteiger partial charge in [0.25, 0.3) is 0 Å². The van der Waals surface area contributed by atoms with E-state index in [1.54, 1.807) is 0 Å². The Kier molecular flexibility index (Phi) is 4.86. The van der Waals surface area contributed by atoms with Crippen LogP contribution in [0.15, 0.2) is 0 Å². The summed E-state index contributed by atoms with van der Waals surface area (Å²) in [6, 6.07) is 1.35. The van der Waals surface area contributed by atoms with E-state index in [-0.39, 0.29) is 0 Å². The van der Waals surface area contributed by atoms with E-state index in [1.807, 2.05) is 0 Å². The van der Waals surface area contributed by atoms with E-state index < -0.39 is 7.91 Å². The number of nitrogens with zero attached hydrogens (tertiary/aromatic N) is 2. The molecule has 0 radical (unpaired) electrons. The fraction of sp³-hybridized carbons (Fsp3) is 1.00. The predicted octanol–water partition coefficient (Wildman–Crippen LogP) is 0.601. The van der Waals surface area contributed by atoms with E-state index >= 15 is 0 Å². The molecule has 0 amide bonds. The molecular formula is C9H26N2Si2. The second-order valence-electron chi connectivity index (χ2n) is 4.90. The van der Waals surface area contributed by atoms with Crippen molar-refractivity contribution in [1.29, 1.82) is 0 Å². The molecule has 0 rings (SSSR count). The Hall–Kier alpha value is 0.354. The highest BCUT2D eigenvalue weighted by molar-refractivity contribution is 7.13. The van der Waals surface area contributed by atoms with Crippen LogP contribution in [0.2, 0.25) is 6.55 Å². The standard InChI is InChI=1S/C9H26N2Si2/c1-8(2)10(5)13(7,12)11(6)9(3)4/h8-9H,1-7,12H3. The second kappa shape index (κ2) is 4.73. The second-order valence-corrected chi connectivity index (χ2v) is 15.0. The molecule has 0 aromatic carbocycles. The lowest BCUT2D eigenvalue weighted by molar-refractivity contribution is 0.334. The smallest absolute Gasteiger partial charge is 0.177 e. The van der Waals surface area contributed by atoms with Crippen LogP contribution in [0.25, 0.3) is 0 Å². The van der Waals surface area contributed by atoms with Crippen LogP contribution in [-0.2, 0) is 0 Å². The van der Waals surface area contributed by atoms with Crippen molar-refractivity contribution >= 4 is 17.7 Å². The Morgan fingerprint density at radius 1 is 0.923 bits per heavy atom. The largest absolute Gasteiger partial charge is 0.315 e. The van der Waals surface area contributed by atoms with Gasteiger partial charge < -0.3 is 9.13 Å². The topological polar surface area (TPSA) is 6.48 Å². The minimum atomic E-state index is -1.23. The molecule has 13 heavy (non-hydrogen) atoms. The number of hydrogen-bond donors (Lipinski definition) is 0. The third-order valence-electron chi connectivity index (χ3n) is 3.28. The average molecular weight is 218 g/mol. The van der Waals surface area contributed by atoms with Gasteiger partial charge in [0.15, 0.2) is 7.91 Å². The van der Waals surface area contributed by atoms with E-state index in [0.29, 0.717) is 12.1 Å². The van der Waals surface area contributed by atoms with E-state index in [2.05, 4.69) is 57.5 Å². The monoisotopic (exact) mass is 218 g/mol. The van der Waals surface area contributed by atoms with Gasteiger partial charge >= 0.3 is 0 Å². The van der Waals surface area contributed by atoms with E-state index in [4.69, 9.17) is 0 Å². The molecule has 0 aliphatic heterocycles. The highest BCUT2D eigenvalue weighted by atomic mass is 29.2. The maximum atomic E-state index is 2.60. The molecule has 0 saturated carbocycles. The summed E-state index contributed by atoms with van der Waals surface area (Å²) in [5.74, 6) is 0. The molecule has 0 aromatic rings. The van der Waals surface area contributed by atoms with Crippen molar-refractivity contribution in [2.75, 3.05) is 14.1 Å². The summed E-state index contributed by atoms with van der Waals surface area (Å²) in [4.78, 5) is 0. The van der Waals surface area contributed by atoms with Gasteiger partial charge in [0.05, 0.1) is 0 Å². The Bertz CT molecular complexity index is 142. The fourth-order valence-corrected chi connectivity index (χ4v) is 7.64. The molecule has 80 valence electrons. The van der Waals surface area contributed by atoms with Crippen LogP contribution in [0.1, 0.15) is 27.7 Å². The Morgan fingerprint density at radius 2 is 1.15 bits per heavy atom. The summed E-state index contributed by atoms with van der Waals surface area (Å²) in [6.07, 6.45) is 0. The van der Waals surface area contributed by atoms with Crippen molar-refractivity contribution in [3.8, 4) is 0 Å². The summed E-state index contributed by atoms with van der Waals surface area (Å²) < 4.78 is 5.19. The summed E-state index contributed by atoms with van der Waals surface area (Å²) in [6.45, 7) is 11.6. The first-order valence-electron chi connectivity index (χ1n) is 5.17. The summed E-state index contributed by atoms with van der Waals surface area (Å²) in [7, 11) is 4.63. The molecule has 0 unspecified atom stereocenters. The maximum absolute atomic E-state index is 2.60. The fourth-order valence-electron chi connectivity index (χ4n) is 1.51. The molecule has 0 aliphatic rings. The SMILES string of the molecule is CC(C)N(C)[Si](C)([SiH3])N(C)C(C)C. The Morgan fingerprint density at radius 3 is 1.31 bits per heavy atom. The molecule has 0 spiro atoms. The van der Waals surface area contributed by atoms with Crippen molar-refractivity contribution < 1.29 is 0 Å². The molecular weight excluding hydrogens is 192 g/mol. The maximum Gasteiger partial charge on any atom is 0.177 e. The van der Waals surface area contributed by atoms with Crippen LogP contribution in [0, 0.1) is 0 Å². The van der Waals surface area contributed by atoms with Crippen molar-refractivity contribution in [3.05, 3.63) is 0 Å². The minimum Gasteiger partial charge on any atom is -0.315 e. The van der Waals surface area contributed by atoms with Gasteiger partial charge in [-0.1, -0.05) is 27.7 Å².